The van der Waals surface area contributed by atoms with Gasteiger partial charge in [-0.2, -0.15) is 0 Å². The Morgan fingerprint density at radius 2 is 2.24 bits per heavy atom. The van der Waals surface area contributed by atoms with Crippen LogP contribution in [0.15, 0.2) is 24.3 Å². The summed E-state index contributed by atoms with van der Waals surface area (Å²) < 4.78 is 5.37. The van der Waals surface area contributed by atoms with Gasteiger partial charge < -0.3 is 20.1 Å². The van der Waals surface area contributed by atoms with Gasteiger partial charge in [0, 0.05) is 18.3 Å². The molecule has 2 rings (SSSR count). The highest BCUT2D eigenvalue weighted by atomic mass is 16.5. The van der Waals surface area contributed by atoms with Gasteiger partial charge >= 0.3 is 12.0 Å². The summed E-state index contributed by atoms with van der Waals surface area (Å²) in [5.74, 6) is -0.332. The third-order valence-electron chi connectivity index (χ3n) is 3.61. The number of nitrogens with zero attached hydrogens (tertiary/aromatic N) is 1. The number of urea groups is 1. The minimum atomic E-state index is -0.960. The van der Waals surface area contributed by atoms with E-state index in [9.17, 15) is 14.7 Å². The van der Waals surface area contributed by atoms with E-state index in [1.54, 1.807) is 24.3 Å². The molecule has 1 heterocycles. The first-order valence-corrected chi connectivity index (χ1v) is 7.06. The Labute approximate surface area is 123 Å². The highest BCUT2D eigenvalue weighted by molar-refractivity contribution is 5.93. The standard InChI is InChI=1S/C15H20N2O4/c1-3-21-12-6-4-5-11(9-12)16-15(20)17-8-7-10(2)13(17)14(18)19/h4-6,9-10,13H,3,7-8H2,1-2H3,(H,16,20)(H,18,19). The molecule has 1 aliphatic rings. The van der Waals surface area contributed by atoms with Crippen molar-refractivity contribution >= 4 is 17.7 Å². The van der Waals surface area contributed by atoms with Crippen LogP contribution in [-0.2, 0) is 4.79 Å². The molecule has 0 spiro atoms. The fourth-order valence-corrected chi connectivity index (χ4v) is 2.58. The van der Waals surface area contributed by atoms with Crippen molar-refractivity contribution in [2.24, 2.45) is 5.92 Å². The first kappa shape index (κ1) is 15.2. The van der Waals surface area contributed by atoms with Crippen molar-refractivity contribution in [3.8, 4) is 5.75 Å². The average Bonchev–Trinajstić information content (AvgIpc) is 2.81. The number of hydrogen-bond acceptors (Lipinski definition) is 3. The number of ether oxygens (including phenoxy) is 1. The Morgan fingerprint density at radius 1 is 1.48 bits per heavy atom. The van der Waals surface area contributed by atoms with Gasteiger partial charge in [0.15, 0.2) is 0 Å². The van der Waals surface area contributed by atoms with Crippen LogP contribution in [0.1, 0.15) is 20.3 Å². The second-order valence-electron chi connectivity index (χ2n) is 5.13. The Morgan fingerprint density at radius 3 is 2.90 bits per heavy atom. The molecule has 2 amide bonds. The SMILES string of the molecule is CCOc1cccc(NC(=O)N2CCC(C)C2C(=O)O)c1. The number of aliphatic carboxylic acids is 1. The molecular weight excluding hydrogens is 272 g/mol. The van der Waals surface area contributed by atoms with E-state index in [1.165, 1.54) is 4.90 Å². The van der Waals surface area contributed by atoms with Gasteiger partial charge in [-0.1, -0.05) is 13.0 Å². The predicted octanol–water partition coefficient (Wildman–Crippen LogP) is 2.41. The molecule has 6 heteroatoms. The van der Waals surface area contributed by atoms with Gasteiger partial charge in [-0.3, -0.25) is 0 Å². The molecule has 0 radical (unpaired) electrons. The van der Waals surface area contributed by atoms with Crippen LogP contribution in [0.4, 0.5) is 10.5 Å². The van der Waals surface area contributed by atoms with Gasteiger partial charge in [-0.15, -0.1) is 0 Å². The Balaban J connectivity index is 2.07. The van der Waals surface area contributed by atoms with Crippen LogP contribution in [0.3, 0.4) is 0 Å². The fourth-order valence-electron chi connectivity index (χ4n) is 2.58. The van der Waals surface area contributed by atoms with E-state index in [-0.39, 0.29) is 11.9 Å². The van der Waals surface area contributed by atoms with E-state index in [0.717, 1.165) is 0 Å². The number of hydrogen-bond donors (Lipinski definition) is 2. The van der Waals surface area contributed by atoms with Crippen molar-refractivity contribution in [1.29, 1.82) is 0 Å². The molecule has 114 valence electrons. The van der Waals surface area contributed by atoms with Crippen LogP contribution < -0.4 is 10.1 Å². The monoisotopic (exact) mass is 292 g/mol. The zero-order valence-electron chi connectivity index (χ0n) is 12.2. The molecule has 21 heavy (non-hydrogen) atoms. The van der Waals surface area contributed by atoms with Crippen LogP contribution >= 0.6 is 0 Å². The molecule has 0 saturated carbocycles. The number of anilines is 1. The number of amides is 2. The van der Waals surface area contributed by atoms with Gasteiger partial charge in [0.2, 0.25) is 0 Å². The maximum absolute atomic E-state index is 12.3. The number of carbonyl (C=O) groups excluding carboxylic acids is 1. The van der Waals surface area contributed by atoms with Crippen LogP contribution in [0.25, 0.3) is 0 Å². The van der Waals surface area contributed by atoms with Crippen LogP contribution in [0.2, 0.25) is 0 Å². The maximum atomic E-state index is 12.3. The summed E-state index contributed by atoms with van der Waals surface area (Å²) in [7, 11) is 0. The Kier molecular flexibility index (Phi) is 4.67. The number of nitrogens with one attached hydrogen (secondary N) is 1. The Hall–Kier alpha value is -2.24. The molecule has 0 aromatic heterocycles. The lowest BCUT2D eigenvalue weighted by Crippen LogP contribution is -2.44. The van der Waals surface area contributed by atoms with E-state index in [0.29, 0.717) is 31.0 Å². The molecule has 0 aliphatic carbocycles. The molecule has 1 aromatic rings. The summed E-state index contributed by atoms with van der Waals surface area (Å²) in [6.07, 6.45) is 0.698. The third kappa shape index (κ3) is 3.45. The Bertz CT molecular complexity index is 532. The normalized spacial score (nSPS) is 21.1. The molecule has 6 nitrogen and oxygen atoms in total. The first-order valence-electron chi connectivity index (χ1n) is 7.06. The second-order valence-corrected chi connectivity index (χ2v) is 5.13. The topological polar surface area (TPSA) is 78.9 Å². The average molecular weight is 292 g/mol. The van der Waals surface area contributed by atoms with Crippen molar-refractivity contribution in [3.05, 3.63) is 24.3 Å². The van der Waals surface area contributed by atoms with Crippen molar-refractivity contribution in [3.63, 3.8) is 0 Å². The number of benzene rings is 1. The minimum absolute atomic E-state index is 0.0389. The molecule has 2 N–H and O–H groups in total. The first-order chi connectivity index (χ1) is 10.0. The minimum Gasteiger partial charge on any atom is -0.494 e. The summed E-state index contributed by atoms with van der Waals surface area (Å²) in [4.78, 5) is 24.9. The van der Waals surface area contributed by atoms with Gasteiger partial charge in [0.25, 0.3) is 0 Å². The maximum Gasteiger partial charge on any atom is 0.326 e. The molecule has 1 saturated heterocycles. The molecule has 0 bridgehead atoms. The van der Waals surface area contributed by atoms with E-state index < -0.39 is 12.0 Å². The number of carboxylic acids is 1. The highest BCUT2D eigenvalue weighted by Crippen LogP contribution is 2.25. The summed E-state index contributed by atoms with van der Waals surface area (Å²) in [5, 5.41) is 12.0. The number of carbonyl (C=O) groups is 2. The van der Waals surface area contributed by atoms with Crippen molar-refractivity contribution in [2.75, 3.05) is 18.5 Å². The fraction of sp³-hybridized carbons (Fsp3) is 0.467. The van der Waals surface area contributed by atoms with E-state index in [1.807, 2.05) is 13.8 Å². The molecular formula is C15H20N2O4. The van der Waals surface area contributed by atoms with E-state index in [2.05, 4.69) is 5.32 Å². The van der Waals surface area contributed by atoms with Crippen molar-refractivity contribution in [2.45, 2.75) is 26.3 Å². The van der Waals surface area contributed by atoms with Gasteiger partial charge in [-0.05, 0) is 31.4 Å². The smallest absolute Gasteiger partial charge is 0.326 e. The lowest BCUT2D eigenvalue weighted by Gasteiger charge is -2.23. The van der Waals surface area contributed by atoms with Crippen LogP contribution in [-0.4, -0.2) is 41.2 Å². The number of likely N-dealkylation sites (tertiary alicyclic amines) is 1. The number of carboxylic acid groups (broad SMARTS) is 1. The molecule has 1 fully saturated rings. The lowest BCUT2D eigenvalue weighted by atomic mass is 10.0. The molecule has 1 aliphatic heterocycles. The summed E-state index contributed by atoms with van der Waals surface area (Å²) in [6.45, 7) is 4.73. The predicted molar refractivity (Wildman–Crippen MR) is 78.5 cm³/mol. The van der Waals surface area contributed by atoms with E-state index >= 15 is 0 Å². The largest absolute Gasteiger partial charge is 0.494 e. The quantitative estimate of drug-likeness (QED) is 0.893. The van der Waals surface area contributed by atoms with Crippen LogP contribution in [0, 0.1) is 5.92 Å². The molecule has 2 unspecified atom stereocenters. The van der Waals surface area contributed by atoms with Crippen LogP contribution in [0.5, 0.6) is 5.75 Å². The van der Waals surface area contributed by atoms with Crippen molar-refractivity contribution in [1.82, 2.24) is 4.90 Å². The summed E-state index contributed by atoms with van der Waals surface area (Å²) in [5.41, 5.74) is 0.592. The highest BCUT2D eigenvalue weighted by Gasteiger charge is 2.39. The zero-order valence-corrected chi connectivity index (χ0v) is 12.2. The molecule has 2 atom stereocenters. The van der Waals surface area contributed by atoms with E-state index in [4.69, 9.17) is 4.74 Å². The van der Waals surface area contributed by atoms with Gasteiger partial charge in [-0.25, -0.2) is 9.59 Å². The third-order valence-corrected chi connectivity index (χ3v) is 3.61. The zero-order chi connectivity index (χ0) is 15.4. The molecule has 1 aromatic carbocycles. The van der Waals surface area contributed by atoms with Gasteiger partial charge in [0.05, 0.1) is 6.61 Å². The van der Waals surface area contributed by atoms with Gasteiger partial charge in [0.1, 0.15) is 11.8 Å². The lowest BCUT2D eigenvalue weighted by molar-refractivity contribution is -0.142. The second kappa shape index (κ2) is 6.47. The number of rotatable bonds is 4. The van der Waals surface area contributed by atoms with Crippen molar-refractivity contribution < 1.29 is 19.4 Å². The summed E-state index contributed by atoms with van der Waals surface area (Å²) >= 11 is 0. The summed E-state index contributed by atoms with van der Waals surface area (Å²) in [6, 6.07) is 5.89.